The Labute approximate surface area is 127 Å². The average Bonchev–Trinajstić information content (AvgIpc) is 2.83. The van der Waals surface area contributed by atoms with Crippen LogP contribution in [0.1, 0.15) is 17.5 Å². The standard InChI is InChI=1S/C14H15Cl2NO3/c15-14(16)6-8-19-13-3-1-2-10-11(13)4-5-12(10)17-20-9-7-18/h1-3,6,18H,4-5,7-9H2. The van der Waals surface area contributed by atoms with Crippen molar-refractivity contribution in [3.05, 3.63) is 39.9 Å². The second-order valence-corrected chi connectivity index (χ2v) is 5.19. The molecule has 1 aliphatic carbocycles. The van der Waals surface area contributed by atoms with Gasteiger partial charge < -0.3 is 14.7 Å². The van der Waals surface area contributed by atoms with Gasteiger partial charge in [0.15, 0.2) is 0 Å². The van der Waals surface area contributed by atoms with Crippen molar-refractivity contribution in [2.45, 2.75) is 12.8 Å². The van der Waals surface area contributed by atoms with Gasteiger partial charge in [0.25, 0.3) is 0 Å². The van der Waals surface area contributed by atoms with Crippen LogP contribution >= 0.6 is 23.2 Å². The van der Waals surface area contributed by atoms with Crippen LogP contribution in [0.4, 0.5) is 0 Å². The lowest BCUT2D eigenvalue weighted by Gasteiger charge is -2.08. The fraction of sp³-hybridized carbons (Fsp3) is 0.357. The Morgan fingerprint density at radius 2 is 2.20 bits per heavy atom. The molecule has 2 rings (SSSR count). The molecule has 0 aromatic heterocycles. The molecule has 0 saturated carbocycles. The maximum atomic E-state index is 8.68. The lowest BCUT2D eigenvalue weighted by atomic mass is 10.1. The van der Waals surface area contributed by atoms with Gasteiger partial charge in [-0.2, -0.15) is 0 Å². The Kier molecular flexibility index (Phi) is 5.71. The summed E-state index contributed by atoms with van der Waals surface area (Å²) in [7, 11) is 0. The number of rotatable bonds is 6. The molecule has 0 fully saturated rings. The second-order valence-electron chi connectivity index (χ2n) is 4.18. The van der Waals surface area contributed by atoms with Crippen molar-refractivity contribution in [2.75, 3.05) is 19.8 Å². The molecule has 0 heterocycles. The van der Waals surface area contributed by atoms with Crippen molar-refractivity contribution in [1.29, 1.82) is 0 Å². The summed E-state index contributed by atoms with van der Waals surface area (Å²) in [5.74, 6) is 0.806. The molecule has 1 aromatic rings. The number of hydrogen-bond acceptors (Lipinski definition) is 4. The van der Waals surface area contributed by atoms with Gasteiger partial charge in [0.2, 0.25) is 0 Å². The molecule has 1 aromatic carbocycles. The third kappa shape index (κ3) is 3.88. The molecule has 0 radical (unpaired) electrons. The molecule has 4 nitrogen and oxygen atoms in total. The summed E-state index contributed by atoms with van der Waals surface area (Å²) in [6.07, 6.45) is 3.25. The molecule has 0 spiro atoms. The first-order valence-electron chi connectivity index (χ1n) is 6.28. The molecule has 0 atom stereocenters. The fourth-order valence-corrected chi connectivity index (χ4v) is 2.19. The van der Waals surface area contributed by atoms with Gasteiger partial charge in [-0.05, 0) is 25.0 Å². The number of aliphatic hydroxyl groups is 1. The van der Waals surface area contributed by atoms with Gasteiger partial charge in [0, 0.05) is 11.1 Å². The maximum absolute atomic E-state index is 8.68. The van der Waals surface area contributed by atoms with Gasteiger partial charge in [-0.25, -0.2) is 0 Å². The molecule has 0 bridgehead atoms. The van der Waals surface area contributed by atoms with Gasteiger partial charge >= 0.3 is 0 Å². The highest BCUT2D eigenvalue weighted by Gasteiger charge is 2.21. The minimum absolute atomic E-state index is 0.0433. The predicted octanol–water partition coefficient (Wildman–Crippen LogP) is 3.04. The minimum Gasteiger partial charge on any atom is -0.489 e. The molecule has 20 heavy (non-hydrogen) atoms. The zero-order chi connectivity index (χ0) is 14.4. The summed E-state index contributed by atoms with van der Waals surface area (Å²) in [5.41, 5.74) is 3.02. The van der Waals surface area contributed by atoms with Crippen molar-refractivity contribution in [3.63, 3.8) is 0 Å². The van der Waals surface area contributed by atoms with E-state index in [-0.39, 0.29) is 17.7 Å². The first-order valence-corrected chi connectivity index (χ1v) is 7.04. The third-order valence-corrected chi connectivity index (χ3v) is 3.20. The zero-order valence-electron chi connectivity index (χ0n) is 10.8. The van der Waals surface area contributed by atoms with Crippen molar-refractivity contribution in [1.82, 2.24) is 0 Å². The SMILES string of the molecule is OCCON=C1CCc2c(OCC=C(Cl)Cl)cccc21. The quantitative estimate of drug-likeness (QED) is 0.648. The molecule has 1 N–H and O–H groups in total. The Hall–Kier alpha value is -1.23. The van der Waals surface area contributed by atoms with Gasteiger partial charge in [0.05, 0.1) is 12.3 Å². The number of ether oxygens (including phenoxy) is 1. The molecular weight excluding hydrogens is 301 g/mol. The molecule has 108 valence electrons. The average molecular weight is 316 g/mol. The van der Waals surface area contributed by atoms with E-state index in [0.717, 1.165) is 35.4 Å². The van der Waals surface area contributed by atoms with Crippen molar-refractivity contribution in [3.8, 4) is 5.75 Å². The Morgan fingerprint density at radius 3 is 2.95 bits per heavy atom. The molecule has 0 unspecified atom stereocenters. The van der Waals surface area contributed by atoms with Crippen LogP contribution in [0.25, 0.3) is 0 Å². The molecule has 0 aliphatic heterocycles. The molecular formula is C14H15Cl2NO3. The predicted molar refractivity (Wildman–Crippen MR) is 79.6 cm³/mol. The highest BCUT2D eigenvalue weighted by Crippen LogP contribution is 2.31. The van der Waals surface area contributed by atoms with Crippen LogP contribution in [-0.4, -0.2) is 30.6 Å². The van der Waals surface area contributed by atoms with Gasteiger partial charge in [-0.3, -0.25) is 0 Å². The van der Waals surface area contributed by atoms with Crippen LogP contribution in [0.3, 0.4) is 0 Å². The largest absolute Gasteiger partial charge is 0.489 e. The van der Waals surface area contributed by atoms with Crippen LogP contribution in [-0.2, 0) is 11.3 Å². The van der Waals surface area contributed by atoms with E-state index in [4.69, 9.17) is 37.9 Å². The highest BCUT2D eigenvalue weighted by atomic mass is 35.5. The first-order chi connectivity index (χ1) is 9.72. The smallest absolute Gasteiger partial charge is 0.140 e. The summed E-state index contributed by atoms with van der Waals surface area (Å²) >= 11 is 11.1. The van der Waals surface area contributed by atoms with E-state index in [1.807, 2.05) is 18.2 Å². The Morgan fingerprint density at radius 1 is 1.35 bits per heavy atom. The monoisotopic (exact) mass is 315 g/mol. The summed E-state index contributed by atoms with van der Waals surface area (Å²) in [5, 5.41) is 12.7. The Balaban J connectivity index is 2.11. The minimum atomic E-state index is -0.0433. The van der Waals surface area contributed by atoms with Crippen molar-refractivity contribution >= 4 is 28.9 Å². The number of aliphatic hydroxyl groups excluding tert-OH is 1. The van der Waals surface area contributed by atoms with Crippen molar-refractivity contribution < 1.29 is 14.7 Å². The molecule has 0 saturated heterocycles. The number of halogens is 2. The summed E-state index contributed by atoms with van der Waals surface area (Å²) in [6.45, 7) is 0.485. The zero-order valence-corrected chi connectivity index (χ0v) is 12.3. The number of oxime groups is 1. The second kappa shape index (κ2) is 7.53. The van der Waals surface area contributed by atoms with Crippen LogP contribution in [0.5, 0.6) is 5.75 Å². The van der Waals surface area contributed by atoms with E-state index in [2.05, 4.69) is 5.16 Å². The Bertz CT molecular complexity index is 525. The van der Waals surface area contributed by atoms with Gasteiger partial charge in [-0.1, -0.05) is 40.5 Å². The topological polar surface area (TPSA) is 51.0 Å². The molecule has 0 amide bonds. The number of benzene rings is 1. The van der Waals surface area contributed by atoms with Crippen molar-refractivity contribution in [2.24, 2.45) is 5.16 Å². The van der Waals surface area contributed by atoms with Crippen LogP contribution < -0.4 is 4.74 Å². The molecule has 6 heteroatoms. The third-order valence-electron chi connectivity index (χ3n) is 2.89. The van der Waals surface area contributed by atoms with E-state index in [9.17, 15) is 0 Å². The summed E-state index contributed by atoms with van der Waals surface area (Å²) < 4.78 is 5.84. The maximum Gasteiger partial charge on any atom is 0.140 e. The van der Waals surface area contributed by atoms with E-state index in [0.29, 0.717) is 6.61 Å². The molecule has 1 aliphatic rings. The van der Waals surface area contributed by atoms with Gasteiger partial charge in [0.1, 0.15) is 23.5 Å². The summed E-state index contributed by atoms with van der Waals surface area (Å²) in [6, 6.07) is 5.81. The lowest BCUT2D eigenvalue weighted by Crippen LogP contribution is -2.01. The summed E-state index contributed by atoms with van der Waals surface area (Å²) in [4.78, 5) is 5.03. The first kappa shape index (κ1) is 15.2. The van der Waals surface area contributed by atoms with Crippen LogP contribution in [0.15, 0.2) is 33.9 Å². The van der Waals surface area contributed by atoms with E-state index >= 15 is 0 Å². The van der Waals surface area contributed by atoms with E-state index < -0.39 is 0 Å². The van der Waals surface area contributed by atoms with Gasteiger partial charge in [-0.15, -0.1) is 0 Å². The highest BCUT2D eigenvalue weighted by molar-refractivity contribution is 6.55. The lowest BCUT2D eigenvalue weighted by molar-refractivity contribution is 0.0984. The number of nitrogens with zero attached hydrogens (tertiary/aromatic N) is 1. The number of hydrogen-bond donors (Lipinski definition) is 1. The number of fused-ring (bicyclic) bond motifs is 1. The van der Waals surface area contributed by atoms with E-state index in [1.54, 1.807) is 6.08 Å². The van der Waals surface area contributed by atoms with Crippen LogP contribution in [0.2, 0.25) is 0 Å². The fourth-order valence-electron chi connectivity index (χ4n) is 2.06. The normalized spacial score (nSPS) is 15.1. The van der Waals surface area contributed by atoms with Crippen LogP contribution in [0, 0.1) is 0 Å². The van der Waals surface area contributed by atoms with E-state index in [1.165, 1.54) is 0 Å².